The molecule has 0 radical (unpaired) electrons. The van der Waals surface area contributed by atoms with E-state index in [1.165, 1.54) is 103 Å². The van der Waals surface area contributed by atoms with Crippen LogP contribution in [0.5, 0.6) is 0 Å². The van der Waals surface area contributed by atoms with Gasteiger partial charge in [-0.05, 0) is 0 Å². The van der Waals surface area contributed by atoms with Gasteiger partial charge in [0.15, 0.2) is 0 Å². The van der Waals surface area contributed by atoms with Crippen LogP contribution in [0.2, 0.25) is 0 Å². The van der Waals surface area contributed by atoms with E-state index in [-0.39, 0.29) is 0 Å². The minimum absolute atomic E-state index is 0.595. The average Bonchev–Trinajstić information content (AvgIpc) is 3.61. The van der Waals surface area contributed by atoms with Gasteiger partial charge >= 0.3 is 314 Å². The van der Waals surface area contributed by atoms with Crippen molar-refractivity contribution >= 4 is 88.2 Å². The summed E-state index contributed by atoms with van der Waals surface area (Å²) in [5.74, 6) is 0. The second-order valence-corrected chi connectivity index (χ2v) is 21.0. The van der Waals surface area contributed by atoms with Crippen molar-refractivity contribution < 1.29 is 0 Å². The molecule has 0 bridgehead atoms. The Morgan fingerprint density at radius 3 is 1.67 bits per heavy atom. The molecule has 0 N–H and O–H groups in total. The van der Waals surface area contributed by atoms with E-state index >= 15 is 0 Å². The maximum atomic E-state index is 2.51. The van der Waals surface area contributed by atoms with Crippen molar-refractivity contribution in [3.8, 4) is 55.6 Å². The topological polar surface area (TPSA) is 0 Å². The standard InChI is InChI=1S/C52H36Ge2/c53-49-23-5-3-15-40(49)36-14-7-13-35(29-36)39-17-8-19-43-47(39)31-48-41(45-21-10-22-46-42-16-4-6-24-50(42)54-52(45)46)18-9-20-44(48)51(43)37-26-25-34-27-32-11-1-2-12-33(32)28-38(34)30-37/h1-31H,54H2,53H3. The zero-order valence-corrected chi connectivity index (χ0v) is 37.3. The third-order valence-electron chi connectivity index (χ3n) is 11.8. The molecule has 0 spiro atoms. The van der Waals surface area contributed by atoms with Crippen molar-refractivity contribution in [3.05, 3.63) is 188 Å². The first-order valence-electron chi connectivity index (χ1n) is 19.0. The zero-order valence-electron chi connectivity index (χ0n) is 30.1. The molecule has 0 nitrogen and oxygen atoms in total. The summed E-state index contributed by atoms with van der Waals surface area (Å²) in [6, 6.07) is 71.2. The minimum atomic E-state index is -1.17. The molecule has 0 atom stereocenters. The van der Waals surface area contributed by atoms with Crippen molar-refractivity contribution in [2.75, 3.05) is 0 Å². The second-order valence-electron chi connectivity index (χ2n) is 14.9. The van der Waals surface area contributed by atoms with Gasteiger partial charge in [0.2, 0.25) is 0 Å². The third-order valence-corrected chi connectivity index (χ3v) is 18.1. The van der Waals surface area contributed by atoms with Gasteiger partial charge in [-0.15, -0.1) is 0 Å². The number of benzene rings is 10. The number of rotatable bonds is 4. The molecule has 11 rings (SSSR count). The van der Waals surface area contributed by atoms with Gasteiger partial charge in [-0.1, -0.05) is 18.2 Å². The fourth-order valence-corrected chi connectivity index (χ4v) is 15.1. The van der Waals surface area contributed by atoms with Crippen molar-refractivity contribution in [2.45, 2.75) is 0 Å². The normalized spacial score (nSPS) is 12.6. The van der Waals surface area contributed by atoms with Crippen molar-refractivity contribution in [3.63, 3.8) is 0 Å². The van der Waals surface area contributed by atoms with Crippen molar-refractivity contribution in [1.82, 2.24) is 0 Å². The summed E-state index contributed by atoms with van der Waals surface area (Å²) in [4.78, 5) is 0. The summed E-state index contributed by atoms with van der Waals surface area (Å²) in [6.07, 6.45) is 0. The Morgan fingerprint density at radius 1 is 0.315 bits per heavy atom. The summed E-state index contributed by atoms with van der Waals surface area (Å²) >= 11 is -0.577. The van der Waals surface area contributed by atoms with E-state index in [1.807, 2.05) is 0 Å². The molecule has 10 aromatic carbocycles. The summed E-state index contributed by atoms with van der Waals surface area (Å²) < 4.78 is 4.69. The molecule has 1 aliphatic rings. The first kappa shape index (κ1) is 31.8. The average molecular weight is 806 g/mol. The fraction of sp³-hybridized carbons (Fsp3) is 0. The van der Waals surface area contributed by atoms with Crippen LogP contribution in [0.25, 0.3) is 98.7 Å². The Kier molecular flexibility index (Phi) is 7.50. The molecule has 1 heterocycles. The molecule has 0 amide bonds. The molecule has 54 heavy (non-hydrogen) atoms. The van der Waals surface area contributed by atoms with E-state index in [9.17, 15) is 0 Å². The molecule has 2 heteroatoms. The monoisotopic (exact) mass is 808 g/mol. The Bertz CT molecular complexity index is 3150. The molecule has 0 aliphatic carbocycles. The van der Waals surface area contributed by atoms with Gasteiger partial charge in [-0.3, -0.25) is 0 Å². The van der Waals surface area contributed by atoms with Crippen LogP contribution in [-0.4, -0.2) is 31.9 Å². The third kappa shape index (κ3) is 5.12. The molecule has 0 saturated heterocycles. The number of hydrogen-bond donors (Lipinski definition) is 0. The Balaban J connectivity index is 1.21. The SMILES string of the molecule is [GeH3][c]1ccccc1-c1cccc(-c2cccc3c(-c4ccc5cc6ccccc6cc5c4)c4cccc(-c5cccc6[c]5[GeH2][c]5ccccc5-6)c4cc23)c1. The quantitative estimate of drug-likeness (QED) is 0.123. The van der Waals surface area contributed by atoms with Gasteiger partial charge in [0.25, 0.3) is 0 Å². The van der Waals surface area contributed by atoms with Crippen LogP contribution < -0.4 is 13.2 Å². The molecular formula is C52H36Ge2. The van der Waals surface area contributed by atoms with E-state index in [4.69, 9.17) is 0 Å². The maximum absolute atomic E-state index is 2.51. The van der Waals surface area contributed by atoms with Gasteiger partial charge in [-0.2, -0.15) is 0 Å². The van der Waals surface area contributed by atoms with Gasteiger partial charge in [0, 0.05) is 0 Å². The van der Waals surface area contributed by atoms with Gasteiger partial charge in [0.1, 0.15) is 0 Å². The van der Waals surface area contributed by atoms with E-state index in [1.54, 1.807) is 8.79 Å². The van der Waals surface area contributed by atoms with Crippen molar-refractivity contribution in [2.24, 2.45) is 0 Å². The summed E-state index contributed by atoms with van der Waals surface area (Å²) in [5.41, 5.74) is 13.4. The Hall–Kier alpha value is -5.67. The summed E-state index contributed by atoms with van der Waals surface area (Å²) in [6.45, 7) is 0. The van der Waals surface area contributed by atoms with Crippen LogP contribution in [0.3, 0.4) is 0 Å². The van der Waals surface area contributed by atoms with Crippen LogP contribution >= 0.6 is 0 Å². The van der Waals surface area contributed by atoms with Gasteiger partial charge in [-0.25, -0.2) is 0 Å². The van der Waals surface area contributed by atoms with Crippen molar-refractivity contribution in [1.29, 1.82) is 0 Å². The van der Waals surface area contributed by atoms with Crippen LogP contribution in [-0.2, 0) is 0 Å². The van der Waals surface area contributed by atoms with E-state index in [2.05, 4.69) is 188 Å². The summed E-state index contributed by atoms with van der Waals surface area (Å²) in [5, 5.41) is 10.3. The van der Waals surface area contributed by atoms with Crippen LogP contribution in [0.1, 0.15) is 0 Å². The Morgan fingerprint density at radius 2 is 0.870 bits per heavy atom. The molecular weight excluding hydrogens is 770 g/mol. The first-order valence-corrected chi connectivity index (χ1v) is 24.0. The van der Waals surface area contributed by atoms with Crippen LogP contribution in [0.4, 0.5) is 0 Å². The molecule has 0 saturated carbocycles. The fourth-order valence-electron chi connectivity index (χ4n) is 9.22. The number of fused-ring (bicyclic) bond motifs is 7. The predicted molar refractivity (Wildman–Crippen MR) is 241 cm³/mol. The summed E-state index contributed by atoms with van der Waals surface area (Å²) in [7, 11) is 0. The number of hydrogen-bond acceptors (Lipinski definition) is 0. The van der Waals surface area contributed by atoms with E-state index in [0.29, 0.717) is 16.5 Å². The molecule has 0 unspecified atom stereocenters. The zero-order chi connectivity index (χ0) is 35.8. The Labute approximate surface area is 329 Å². The first-order chi connectivity index (χ1) is 26.7. The van der Waals surface area contributed by atoms with E-state index < -0.39 is 15.4 Å². The molecule has 10 aromatic rings. The van der Waals surface area contributed by atoms with Crippen LogP contribution in [0.15, 0.2) is 188 Å². The molecule has 1 aliphatic heterocycles. The molecule has 0 fully saturated rings. The molecule has 0 aromatic heterocycles. The second kappa shape index (κ2) is 12.7. The van der Waals surface area contributed by atoms with Gasteiger partial charge in [0.05, 0.1) is 0 Å². The van der Waals surface area contributed by atoms with E-state index in [0.717, 1.165) is 0 Å². The van der Waals surface area contributed by atoms with Gasteiger partial charge < -0.3 is 0 Å². The predicted octanol–water partition coefficient (Wildman–Crippen LogP) is 10.1. The van der Waals surface area contributed by atoms with Crippen LogP contribution in [0, 0.1) is 0 Å². The molecule has 252 valence electrons.